The van der Waals surface area contributed by atoms with Gasteiger partial charge in [0.25, 0.3) is 5.69 Å². The van der Waals surface area contributed by atoms with Crippen LogP contribution in [0.15, 0.2) is 16.6 Å². The predicted octanol–water partition coefficient (Wildman–Crippen LogP) is 2.85. The monoisotopic (exact) mass is 301 g/mol. The fourth-order valence-corrected chi connectivity index (χ4v) is 1.65. The maximum atomic E-state index is 13.3. The Morgan fingerprint density at radius 3 is 2.82 bits per heavy atom. The van der Waals surface area contributed by atoms with Gasteiger partial charge in [-0.05, 0) is 15.9 Å². The molecule has 0 aliphatic heterocycles. The topological polar surface area (TPSA) is 70.2 Å². The minimum absolute atomic E-state index is 0.0432. The first-order valence-corrected chi connectivity index (χ1v) is 5.48. The molecule has 1 rings (SSSR count). The largest absolute Gasteiger partial charge is 0.368 e. The van der Waals surface area contributed by atoms with Gasteiger partial charge in [-0.3, -0.25) is 10.1 Å². The molecule has 0 N–H and O–H groups in total. The highest BCUT2D eigenvalue weighted by molar-refractivity contribution is 9.10. The van der Waals surface area contributed by atoms with Crippen LogP contribution in [-0.2, 0) is 0 Å². The smallest absolute Gasteiger partial charge is 0.293 e. The summed E-state index contributed by atoms with van der Waals surface area (Å²) < 4.78 is 13.4. The second-order valence-corrected chi connectivity index (χ2v) is 4.20. The number of nitro groups is 1. The summed E-state index contributed by atoms with van der Waals surface area (Å²) in [5.41, 5.74) is -0.0373. The van der Waals surface area contributed by atoms with E-state index in [4.69, 9.17) is 5.26 Å². The lowest BCUT2D eigenvalue weighted by atomic mass is 10.2. The predicted molar refractivity (Wildman–Crippen MR) is 64.3 cm³/mol. The summed E-state index contributed by atoms with van der Waals surface area (Å²) in [7, 11) is 1.58. The third-order valence-corrected chi connectivity index (χ3v) is 2.79. The van der Waals surface area contributed by atoms with Gasteiger partial charge in [-0.1, -0.05) is 0 Å². The maximum absolute atomic E-state index is 13.3. The van der Waals surface area contributed by atoms with E-state index in [-0.39, 0.29) is 22.3 Å². The number of benzene rings is 1. The Labute approximate surface area is 106 Å². The number of rotatable bonds is 4. The van der Waals surface area contributed by atoms with Crippen molar-refractivity contribution >= 4 is 27.3 Å². The standard InChI is InChI=1S/C10H9BrFN3O2/c1-14(4-2-3-13)9-6-8(12)7(11)5-10(9)15(16)17/h5-6H,2,4H2,1H3. The minimum Gasteiger partial charge on any atom is -0.368 e. The van der Waals surface area contributed by atoms with Crippen molar-refractivity contribution in [2.75, 3.05) is 18.5 Å². The SMILES string of the molecule is CN(CCC#N)c1cc(F)c(Br)cc1[N+](=O)[O-]. The molecule has 1 aromatic carbocycles. The lowest BCUT2D eigenvalue weighted by Crippen LogP contribution is -2.19. The Kier molecular flexibility index (Phi) is 4.40. The number of nitrogens with zero attached hydrogens (tertiary/aromatic N) is 3. The highest BCUT2D eigenvalue weighted by atomic mass is 79.9. The quantitative estimate of drug-likeness (QED) is 0.633. The number of nitro benzene ring substituents is 1. The Balaban J connectivity index is 3.17. The summed E-state index contributed by atoms with van der Waals surface area (Å²) in [5, 5.41) is 19.3. The fraction of sp³-hybridized carbons (Fsp3) is 0.300. The third-order valence-electron chi connectivity index (χ3n) is 2.18. The number of anilines is 1. The molecule has 0 radical (unpaired) electrons. The Morgan fingerprint density at radius 2 is 2.29 bits per heavy atom. The van der Waals surface area contributed by atoms with Gasteiger partial charge in [-0.2, -0.15) is 5.26 Å². The third kappa shape index (κ3) is 3.14. The van der Waals surface area contributed by atoms with Crippen molar-refractivity contribution in [3.8, 4) is 6.07 Å². The molecule has 0 aliphatic carbocycles. The van der Waals surface area contributed by atoms with Gasteiger partial charge < -0.3 is 4.90 Å². The molecular weight excluding hydrogens is 293 g/mol. The molecule has 1 aromatic rings. The highest BCUT2D eigenvalue weighted by Crippen LogP contribution is 2.32. The summed E-state index contributed by atoms with van der Waals surface area (Å²) >= 11 is 2.90. The van der Waals surface area contributed by atoms with Crippen LogP contribution in [-0.4, -0.2) is 18.5 Å². The van der Waals surface area contributed by atoms with Crippen molar-refractivity contribution in [2.24, 2.45) is 0 Å². The molecule has 90 valence electrons. The molecule has 0 bridgehead atoms. The van der Waals surface area contributed by atoms with Gasteiger partial charge in [-0.15, -0.1) is 0 Å². The Morgan fingerprint density at radius 1 is 1.65 bits per heavy atom. The van der Waals surface area contributed by atoms with Crippen LogP contribution in [0.25, 0.3) is 0 Å². The zero-order valence-electron chi connectivity index (χ0n) is 8.98. The molecule has 0 heterocycles. The molecule has 0 saturated heterocycles. The molecule has 0 atom stereocenters. The molecule has 0 spiro atoms. The summed E-state index contributed by atoms with van der Waals surface area (Å²) in [5.74, 6) is -0.575. The van der Waals surface area contributed by atoms with Crippen LogP contribution in [0.4, 0.5) is 15.8 Å². The van der Waals surface area contributed by atoms with Crippen molar-refractivity contribution in [1.82, 2.24) is 0 Å². The van der Waals surface area contributed by atoms with Crippen LogP contribution in [0.5, 0.6) is 0 Å². The van der Waals surface area contributed by atoms with Gasteiger partial charge in [0.05, 0.1) is 21.9 Å². The van der Waals surface area contributed by atoms with Crippen LogP contribution in [0.1, 0.15) is 6.42 Å². The van der Waals surface area contributed by atoms with Gasteiger partial charge in [0.15, 0.2) is 0 Å². The first-order chi connectivity index (χ1) is 7.97. The van der Waals surface area contributed by atoms with Crippen molar-refractivity contribution in [2.45, 2.75) is 6.42 Å². The zero-order chi connectivity index (χ0) is 13.0. The lowest BCUT2D eigenvalue weighted by molar-refractivity contribution is -0.384. The molecular formula is C10H9BrFN3O2. The molecule has 0 aliphatic rings. The summed E-state index contributed by atoms with van der Waals surface area (Å²) in [6.45, 7) is 0.304. The van der Waals surface area contributed by atoms with E-state index < -0.39 is 10.7 Å². The first-order valence-electron chi connectivity index (χ1n) is 4.69. The Hall–Kier alpha value is -1.68. The molecule has 7 heteroatoms. The van der Waals surface area contributed by atoms with E-state index in [1.165, 1.54) is 4.90 Å². The van der Waals surface area contributed by atoms with E-state index in [0.717, 1.165) is 12.1 Å². The number of hydrogen-bond acceptors (Lipinski definition) is 4. The average molecular weight is 302 g/mol. The second-order valence-electron chi connectivity index (χ2n) is 3.34. The van der Waals surface area contributed by atoms with Crippen LogP contribution in [0, 0.1) is 27.3 Å². The van der Waals surface area contributed by atoms with Crippen LogP contribution in [0.3, 0.4) is 0 Å². The Bertz CT molecular complexity index is 487. The number of hydrogen-bond donors (Lipinski definition) is 0. The van der Waals surface area contributed by atoms with E-state index in [9.17, 15) is 14.5 Å². The normalized spacial score (nSPS) is 9.76. The highest BCUT2D eigenvalue weighted by Gasteiger charge is 2.20. The summed E-state index contributed by atoms with van der Waals surface area (Å²) in [6.07, 6.45) is 0.214. The molecule has 0 amide bonds. The van der Waals surface area contributed by atoms with Gasteiger partial charge in [-0.25, -0.2) is 4.39 Å². The average Bonchev–Trinajstić information content (AvgIpc) is 2.28. The minimum atomic E-state index is -0.581. The van der Waals surface area contributed by atoms with Crippen molar-refractivity contribution in [3.63, 3.8) is 0 Å². The molecule has 0 fully saturated rings. The van der Waals surface area contributed by atoms with Crippen molar-refractivity contribution in [3.05, 3.63) is 32.5 Å². The summed E-state index contributed by atoms with van der Waals surface area (Å²) in [6, 6.07) is 4.13. The van der Waals surface area contributed by atoms with Crippen LogP contribution >= 0.6 is 15.9 Å². The van der Waals surface area contributed by atoms with Gasteiger partial charge in [0, 0.05) is 25.7 Å². The van der Waals surface area contributed by atoms with Gasteiger partial charge >= 0.3 is 0 Å². The lowest BCUT2D eigenvalue weighted by Gasteiger charge is -2.17. The molecule has 5 nitrogen and oxygen atoms in total. The first kappa shape index (κ1) is 13.4. The van der Waals surface area contributed by atoms with E-state index in [1.807, 2.05) is 6.07 Å². The maximum Gasteiger partial charge on any atom is 0.293 e. The fourth-order valence-electron chi connectivity index (χ4n) is 1.32. The van der Waals surface area contributed by atoms with Crippen LogP contribution < -0.4 is 4.90 Å². The number of halogens is 2. The van der Waals surface area contributed by atoms with Crippen molar-refractivity contribution < 1.29 is 9.31 Å². The molecule has 0 aromatic heterocycles. The molecule has 0 unspecified atom stereocenters. The van der Waals surface area contributed by atoms with E-state index in [2.05, 4.69) is 15.9 Å². The second kappa shape index (κ2) is 5.59. The summed E-state index contributed by atoms with van der Waals surface area (Å²) in [4.78, 5) is 11.7. The van der Waals surface area contributed by atoms with E-state index >= 15 is 0 Å². The number of nitriles is 1. The van der Waals surface area contributed by atoms with Gasteiger partial charge in [0.2, 0.25) is 0 Å². The molecule has 17 heavy (non-hydrogen) atoms. The van der Waals surface area contributed by atoms with E-state index in [0.29, 0.717) is 6.54 Å². The van der Waals surface area contributed by atoms with Crippen LogP contribution in [0.2, 0.25) is 0 Å². The van der Waals surface area contributed by atoms with E-state index in [1.54, 1.807) is 7.05 Å². The zero-order valence-corrected chi connectivity index (χ0v) is 10.6. The van der Waals surface area contributed by atoms with Crippen molar-refractivity contribution in [1.29, 1.82) is 5.26 Å². The van der Waals surface area contributed by atoms with Gasteiger partial charge in [0.1, 0.15) is 11.5 Å². The molecule has 0 saturated carbocycles.